The van der Waals surface area contributed by atoms with Gasteiger partial charge in [-0.2, -0.15) is 0 Å². The molecule has 0 aromatic rings. The average molecular weight is 319 g/mol. The van der Waals surface area contributed by atoms with Gasteiger partial charge < -0.3 is 21.5 Å². The van der Waals surface area contributed by atoms with Crippen LogP contribution in [0.25, 0.3) is 0 Å². The third-order valence-electron chi connectivity index (χ3n) is 2.99. The van der Waals surface area contributed by atoms with Crippen molar-refractivity contribution in [2.75, 3.05) is 6.67 Å². The zero-order valence-corrected chi connectivity index (χ0v) is 12.8. The minimum Gasteiger partial charge on any atom is -0.481 e. The Morgan fingerprint density at radius 3 is 2.05 bits per heavy atom. The SMILES string of the molecule is CC(C)[C@H](N)C(=O)N[C@@H](C)C(=O)N[C@@H](CC(=O)O)C(=O)CF. The Kier molecular flexibility index (Phi) is 8.24. The summed E-state index contributed by atoms with van der Waals surface area (Å²) in [6.07, 6.45) is -0.735. The maximum absolute atomic E-state index is 12.4. The van der Waals surface area contributed by atoms with Crippen LogP contribution in [0.5, 0.6) is 0 Å². The van der Waals surface area contributed by atoms with E-state index in [1.807, 2.05) is 0 Å². The highest BCUT2D eigenvalue weighted by molar-refractivity contribution is 5.95. The summed E-state index contributed by atoms with van der Waals surface area (Å²) in [7, 11) is 0. The van der Waals surface area contributed by atoms with Gasteiger partial charge in [0.15, 0.2) is 5.78 Å². The molecule has 0 rings (SSSR count). The number of carbonyl (C=O) groups is 4. The maximum Gasteiger partial charge on any atom is 0.305 e. The van der Waals surface area contributed by atoms with Crippen LogP contribution in [0.1, 0.15) is 27.2 Å². The van der Waals surface area contributed by atoms with Gasteiger partial charge in [0.2, 0.25) is 11.8 Å². The molecule has 0 aromatic heterocycles. The molecular formula is C13H22FN3O5. The van der Waals surface area contributed by atoms with Gasteiger partial charge in [0.1, 0.15) is 18.8 Å². The van der Waals surface area contributed by atoms with E-state index in [-0.39, 0.29) is 5.92 Å². The molecule has 0 aliphatic rings. The molecule has 0 heterocycles. The van der Waals surface area contributed by atoms with Crippen molar-refractivity contribution in [1.82, 2.24) is 10.6 Å². The number of hydrogen-bond donors (Lipinski definition) is 4. The first-order chi connectivity index (χ1) is 10.1. The molecule has 0 saturated heterocycles. The van der Waals surface area contributed by atoms with Crippen LogP contribution >= 0.6 is 0 Å². The number of hydrogen-bond acceptors (Lipinski definition) is 5. The third kappa shape index (κ3) is 6.61. The van der Waals surface area contributed by atoms with Gasteiger partial charge in [-0.1, -0.05) is 13.8 Å². The van der Waals surface area contributed by atoms with Crippen molar-refractivity contribution in [1.29, 1.82) is 0 Å². The zero-order valence-electron chi connectivity index (χ0n) is 12.8. The summed E-state index contributed by atoms with van der Waals surface area (Å²) >= 11 is 0. The molecule has 0 radical (unpaired) electrons. The number of carboxylic acid groups (broad SMARTS) is 1. The van der Waals surface area contributed by atoms with E-state index in [2.05, 4.69) is 10.6 Å². The number of alkyl halides is 1. The standard InChI is InChI=1S/C13H22FN3O5/c1-6(2)11(15)13(22)16-7(3)12(21)17-8(4-10(19)20)9(18)5-14/h6-8,11H,4-5,15H2,1-3H3,(H,16,22)(H,17,21)(H,19,20)/t7-,8-,11-/m0/s1. The lowest BCUT2D eigenvalue weighted by Crippen LogP contribution is -2.54. The summed E-state index contributed by atoms with van der Waals surface area (Å²) < 4.78 is 12.4. The van der Waals surface area contributed by atoms with Crippen molar-refractivity contribution in [3.8, 4) is 0 Å². The Hall–Kier alpha value is -2.03. The molecule has 0 fully saturated rings. The average Bonchev–Trinajstić information content (AvgIpc) is 2.43. The molecule has 0 aliphatic heterocycles. The smallest absolute Gasteiger partial charge is 0.305 e. The summed E-state index contributed by atoms with van der Waals surface area (Å²) in [5, 5.41) is 13.1. The largest absolute Gasteiger partial charge is 0.481 e. The minimum absolute atomic E-state index is 0.136. The van der Waals surface area contributed by atoms with Gasteiger partial charge in [-0.05, 0) is 12.8 Å². The number of Topliss-reactive ketones (excluding diaryl/α,β-unsaturated/α-hetero) is 1. The summed E-state index contributed by atoms with van der Waals surface area (Å²) in [5.41, 5.74) is 5.62. The fourth-order valence-electron chi connectivity index (χ4n) is 1.49. The number of carboxylic acids is 1. The number of nitrogens with two attached hydrogens (primary N) is 1. The first-order valence-electron chi connectivity index (χ1n) is 6.76. The van der Waals surface area contributed by atoms with Crippen LogP contribution in [-0.4, -0.2) is 53.5 Å². The second-order valence-corrected chi connectivity index (χ2v) is 5.26. The second-order valence-electron chi connectivity index (χ2n) is 5.26. The molecule has 0 saturated carbocycles. The Morgan fingerprint density at radius 1 is 1.09 bits per heavy atom. The minimum atomic E-state index is -1.48. The van der Waals surface area contributed by atoms with E-state index in [0.717, 1.165) is 0 Å². The van der Waals surface area contributed by atoms with Gasteiger partial charge in [-0.3, -0.25) is 19.2 Å². The van der Waals surface area contributed by atoms with Crippen LogP contribution in [0.15, 0.2) is 0 Å². The quantitative estimate of drug-likeness (QED) is 0.429. The summed E-state index contributed by atoms with van der Waals surface area (Å²) in [4.78, 5) is 45.4. The van der Waals surface area contributed by atoms with Crippen LogP contribution in [0.4, 0.5) is 4.39 Å². The molecule has 0 aliphatic carbocycles. The van der Waals surface area contributed by atoms with E-state index in [1.165, 1.54) is 6.92 Å². The second kappa shape index (κ2) is 9.08. The van der Waals surface area contributed by atoms with Crippen LogP contribution < -0.4 is 16.4 Å². The van der Waals surface area contributed by atoms with Crippen molar-refractivity contribution in [2.45, 2.75) is 45.3 Å². The van der Waals surface area contributed by atoms with E-state index in [0.29, 0.717) is 0 Å². The Labute approximate surface area is 127 Å². The molecule has 22 heavy (non-hydrogen) atoms. The van der Waals surface area contributed by atoms with Gasteiger partial charge in [-0.25, -0.2) is 4.39 Å². The third-order valence-corrected chi connectivity index (χ3v) is 2.99. The molecule has 0 unspecified atom stereocenters. The monoisotopic (exact) mass is 319 g/mol. The van der Waals surface area contributed by atoms with Crippen LogP contribution in [0.2, 0.25) is 0 Å². The first kappa shape index (κ1) is 20.0. The van der Waals surface area contributed by atoms with Gasteiger partial charge in [0.25, 0.3) is 0 Å². The van der Waals surface area contributed by atoms with E-state index >= 15 is 0 Å². The molecule has 126 valence electrons. The van der Waals surface area contributed by atoms with Gasteiger partial charge in [0.05, 0.1) is 12.5 Å². The van der Waals surface area contributed by atoms with E-state index in [1.54, 1.807) is 13.8 Å². The van der Waals surface area contributed by atoms with Crippen LogP contribution in [0, 0.1) is 5.92 Å². The van der Waals surface area contributed by atoms with Gasteiger partial charge in [-0.15, -0.1) is 0 Å². The van der Waals surface area contributed by atoms with Crippen LogP contribution in [-0.2, 0) is 19.2 Å². The first-order valence-corrected chi connectivity index (χ1v) is 6.76. The number of halogens is 1. The van der Waals surface area contributed by atoms with E-state index in [9.17, 15) is 23.6 Å². The number of aliphatic carboxylic acids is 1. The molecular weight excluding hydrogens is 297 g/mol. The highest BCUT2D eigenvalue weighted by atomic mass is 19.1. The van der Waals surface area contributed by atoms with Gasteiger partial charge in [0, 0.05) is 0 Å². The zero-order chi connectivity index (χ0) is 17.4. The normalized spacial score (nSPS) is 14.8. The van der Waals surface area contributed by atoms with E-state index < -0.39 is 54.8 Å². The van der Waals surface area contributed by atoms with Crippen molar-refractivity contribution in [3.63, 3.8) is 0 Å². The molecule has 5 N–H and O–H groups in total. The highest BCUT2D eigenvalue weighted by Crippen LogP contribution is 2.00. The Balaban J connectivity index is 4.69. The lowest BCUT2D eigenvalue weighted by Gasteiger charge is -2.21. The van der Waals surface area contributed by atoms with Crippen molar-refractivity contribution >= 4 is 23.6 Å². The topological polar surface area (TPSA) is 139 Å². The molecule has 3 atom stereocenters. The predicted molar refractivity (Wildman–Crippen MR) is 75.6 cm³/mol. The predicted octanol–water partition coefficient (Wildman–Crippen LogP) is -1.03. The maximum atomic E-state index is 12.4. The van der Waals surface area contributed by atoms with Crippen LogP contribution in [0.3, 0.4) is 0 Å². The lowest BCUT2D eigenvalue weighted by atomic mass is 10.0. The summed E-state index contributed by atoms with van der Waals surface area (Å²) in [6, 6.07) is -3.33. The molecule has 0 aromatic carbocycles. The summed E-state index contributed by atoms with van der Waals surface area (Å²) in [5.74, 6) is -3.89. The number of nitrogens with one attached hydrogen (secondary N) is 2. The van der Waals surface area contributed by atoms with Crippen molar-refractivity contribution in [2.24, 2.45) is 11.7 Å². The molecule has 2 amide bonds. The molecule has 9 heteroatoms. The number of carbonyl (C=O) groups excluding carboxylic acids is 3. The number of amides is 2. The molecule has 8 nitrogen and oxygen atoms in total. The fourth-order valence-corrected chi connectivity index (χ4v) is 1.49. The summed E-state index contributed by atoms with van der Waals surface area (Å²) in [6.45, 7) is 3.42. The fraction of sp³-hybridized carbons (Fsp3) is 0.692. The van der Waals surface area contributed by atoms with E-state index in [4.69, 9.17) is 10.8 Å². The van der Waals surface area contributed by atoms with Crippen molar-refractivity contribution < 1.29 is 28.7 Å². The van der Waals surface area contributed by atoms with Gasteiger partial charge >= 0.3 is 5.97 Å². The Bertz CT molecular complexity index is 441. The number of rotatable bonds is 9. The molecule has 0 spiro atoms. The molecule has 0 bridgehead atoms. The Morgan fingerprint density at radius 2 is 1.64 bits per heavy atom. The lowest BCUT2D eigenvalue weighted by molar-refractivity contribution is -0.140. The highest BCUT2D eigenvalue weighted by Gasteiger charge is 2.27. The van der Waals surface area contributed by atoms with Crippen molar-refractivity contribution in [3.05, 3.63) is 0 Å². The number of ketones is 1.